The first kappa shape index (κ1) is 17.1. The number of carbonyl (C=O) groups is 3. The molecular formula is C20H12BrN3O3. The van der Waals surface area contributed by atoms with Gasteiger partial charge in [-0.15, -0.1) is 0 Å². The van der Waals surface area contributed by atoms with Gasteiger partial charge in [0.15, 0.2) is 0 Å². The SMILES string of the molecule is O=C(Nc1ccc(N2C(=O)c3ccc(Br)cc3C2=O)cc1)c1ccccn1. The van der Waals surface area contributed by atoms with Gasteiger partial charge in [0.25, 0.3) is 17.7 Å². The molecule has 6 nitrogen and oxygen atoms in total. The zero-order valence-electron chi connectivity index (χ0n) is 13.8. The Hall–Kier alpha value is -3.32. The standard InChI is InChI=1S/C20H12BrN3O3/c21-12-4-9-15-16(11-12)20(27)24(19(15)26)14-7-5-13(6-8-14)23-18(25)17-3-1-2-10-22-17/h1-11H,(H,23,25). The highest BCUT2D eigenvalue weighted by Gasteiger charge is 2.36. The van der Waals surface area contributed by atoms with Crippen LogP contribution in [0.5, 0.6) is 0 Å². The van der Waals surface area contributed by atoms with Gasteiger partial charge in [-0.25, -0.2) is 4.90 Å². The molecule has 4 rings (SSSR count). The molecule has 132 valence electrons. The van der Waals surface area contributed by atoms with Crippen molar-refractivity contribution in [2.24, 2.45) is 0 Å². The van der Waals surface area contributed by atoms with Crippen molar-refractivity contribution in [3.05, 3.63) is 88.2 Å². The minimum atomic E-state index is -0.374. The monoisotopic (exact) mass is 421 g/mol. The molecule has 0 saturated heterocycles. The highest BCUT2D eigenvalue weighted by Crippen LogP contribution is 2.30. The summed E-state index contributed by atoms with van der Waals surface area (Å²) in [5.74, 6) is -1.08. The summed E-state index contributed by atoms with van der Waals surface area (Å²) in [6, 6.07) is 16.6. The molecule has 0 spiro atoms. The molecule has 7 heteroatoms. The molecule has 0 aliphatic carbocycles. The van der Waals surface area contributed by atoms with E-state index in [1.165, 1.54) is 0 Å². The molecule has 0 fully saturated rings. The van der Waals surface area contributed by atoms with E-state index in [4.69, 9.17) is 0 Å². The van der Waals surface area contributed by atoms with E-state index >= 15 is 0 Å². The number of carbonyl (C=O) groups excluding carboxylic acids is 3. The Balaban J connectivity index is 1.56. The molecule has 1 aliphatic heterocycles. The zero-order valence-corrected chi connectivity index (χ0v) is 15.4. The third-order valence-electron chi connectivity index (χ3n) is 4.13. The van der Waals surface area contributed by atoms with Crippen LogP contribution in [0.4, 0.5) is 11.4 Å². The van der Waals surface area contributed by atoms with Gasteiger partial charge in [-0.1, -0.05) is 22.0 Å². The Labute approximate surface area is 163 Å². The molecule has 2 heterocycles. The summed E-state index contributed by atoms with van der Waals surface area (Å²) >= 11 is 3.31. The van der Waals surface area contributed by atoms with Crippen LogP contribution < -0.4 is 10.2 Å². The fourth-order valence-corrected chi connectivity index (χ4v) is 3.19. The molecule has 1 N–H and O–H groups in total. The van der Waals surface area contributed by atoms with Crippen molar-refractivity contribution < 1.29 is 14.4 Å². The fourth-order valence-electron chi connectivity index (χ4n) is 2.83. The van der Waals surface area contributed by atoms with E-state index < -0.39 is 0 Å². The normalized spacial score (nSPS) is 12.9. The molecule has 0 radical (unpaired) electrons. The van der Waals surface area contributed by atoms with Crippen molar-refractivity contribution in [3.63, 3.8) is 0 Å². The average Bonchev–Trinajstić information content (AvgIpc) is 2.93. The van der Waals surface area contributed by atoms with Crippen molar-refractivity contribution >= 4 is 45.0 Å². The van der Waals surface area contributed by atoms with E-state index in [0.29, 0.717) is 28.2 Å². The number of nitrogens with one attached hydrogen (secondary N) is 1. The molecule has 3 amide bonds. The van der Waals surface area contributed by atoms with Gasteiger partial charge >= 0.3 is 0 Å². The fraction of sp³-hybridized carbons (Fsp3) is 0. The maximum absolute atomic E-state index is 12.6. The van der Waals surface area contributed by atoms with Crippen LogP contribution in [0.1, 0.15) is 31.2 Å². The average molecular weight is 422 g/mol. The van der Waals surface area contributed by atoms with Crippen molar-refractivity contribution in [2.45, 2.75) is 0 Å². The second-order valence-corrected chi connectivity index (χ2v) is 6.77. The molecule has 0 atom stereocenters. The van der Waals surface area contributed by atoms with Gasteiger partial charge in [0.05, 0.1) is 16.8 Å². The molecule has 0 saturated carbocycles. The van der Waals surface area contributed by atoms with E-state index in [-0.39, 0.29) is 17.7 Å². The smallest absolute Gasteiger partial charge is 0.274 e. The number of nitrogens with zero attached hydrogens (tertiary/aromatic N) is 2. The van der Waals surface area contributed by atoms with Gasteiger partial charge in [-0.2, -0.15) is 0 Å². The minimum Gasteiger partial charge on any atom is -0.321 e. The number of halogens is 1. The summed E-state index contributed by atoms with van der Waals surface area (Å²) in [5, 5.41) is 2.73. The number of hydrogen-bond donors (Lipinski definition) is 1. The number of rotatable bonds is 3. The van der Waals surface area contributed by atoms with Gasteiger partial charge in [0, 0.05) is 16.4 Å². The Kier molecular flexibility index (Phi) is 4.29. The number of aromatic nitrogens is 1. The molecule has 2 aromatic carbocycles. The highest BCUT2D eigenvalue weighted by atomic mass is 79.9. The van der Waals surface area contributed by atoms with Gasteiger partial charge in [0.1, 0.15) is 5.69 Å². The number of pyridine rings is 1. The van der Waals surface area contributed by atoms with Crippen LogP contribution >= 0.6 is 15.9 Å². The van der Waals surface area contributed by atoms with Crippen LogP contribution in [0.2, 0.25) is 0 Å². The Morgan fingerprint density at radius 1 is 0.926 bits per heavy atom. The predicted octanol–water partition coefficient (Wildman–Crippen LogP) is 3.90. The summed E-state index contributed by atoms with van der Waals surface area (Å²) in [6.45, 7) is 0. The summed E-state index contributed by atoms with van der Waals surface area (Å²) in [7, 11) is 0. The molecule has 0 unspecified atom stereocenters. The van der Waals surface area contributed by atoms with Crippen molar-refractivity contribution in [1.29, 1.82) is 0 Å². The molecular weight excluding hydrogens is 410 g/mol. The Morgan fingerprint density at radius 3 is 2.37 bits per heavy atom. The lowest BCUT2D eigenvalue weighted by molar-refractivity contribution is 0.0924. The Bertz CT molecular complexity index is 1070. The third-order valence-corrected chi connectivity index (χ3v) is 4.62. The van der Waals surface area contributed by atoms with Crippen LogP contribution in [-0.4, -0.2) is 22.7 Å². The minimum absolute atomic E-state index is 0.299. The number of imide groups is 1. The lowest BCUT2D eigenvalue weighted by Crippen LogP contribution is -2.29. The van der Waals surface area contributed by atoms with E-state index in [1.54, 1.807) is 66.9 Å². The second-order valence-electron chi connectivity index (χ2n) is 5.85. The Morgan fingerprint density at radius 2 is 1.67 bits per heavy atom. The maximum Gasteiger partial charge on any atom is 0.274 e. The van der Waals surface area contributed by atoms with E-state index in [9.17, 15) is 14.4 Å². The van der Waals surface area contributed by atoms with Crippen LogP contribution in [-0.2, 0) is 0 Å². The first-order valence-corrected chi connectivity index (χ1v) is 8.85. The quantitative estimate of drug-likeness (QED) is 0.650. The van der Waals surface area contributed by atoms with Crippen molar-refractivity contribution in [3.8, 4) is 0 Å². The lowest BCUT2D eigenvalue weighted by atomic mass is 10.1. The topological polar surface area (TPSA) is 79.4 Å². The number of anilines is 2. The number of hydrogen-bond acceptors (Lipinski definition) is 4. The number of amides is 3. The molecule has 1 aliphatic rings. The summed E-state index contributed by atoms with van der Waals surface area (Å²) < 4.78 is 0.733. The van der Waals surface area contributed by atoms with Gasteiger partial charge in [-0.05, 0) is 54.6 Å². The third kappa shape index (κ3) is 3.13. The molecule has 3 aromatic rings. The van der Waals surface area contributed by atoms with Crippen molar-refractivity contribution in [2.75, 3.05) is 10.2 Å². The summed E-state index contributed by atoms with van der Waals surface area (Å²) in [5.41, 5.74) is 2.01. The largest absolute Gasteiger partial charge is 0.321 e. The first-order chi connectivity index (χ1) is 13.0. The lowest BCUT2D eigenvalue weighted by Gasteiger charge is -2.14. The van der Waals surface area contributed by atoms with Gasteiger partial charge < -0.3 is 5.32 Å². The molecule has 1 aromatic heterocycles. The van der Waals surface area contributed by atoms with Crippen molar-refractivity contribution in [1.82, 2.24) is 4.98 Å². The number of benzene rings is 2. The molecule has 0 bridgehead atoms. The van der Waals surface area contributed by atoms with Crippen LogP contribution in [0.15, 0.2) is 71.3 Å². The van der Waals surface area contributed by atoms with E-state index in [2.05, 4.69) is 26.2 Å². The van der Waals surface area contributed by atoms with Gasteiger partial charge in [0.2, 0.25) is 0 Å². The number of fused-ring (bicyclic) bond motifs is 1. The van der Waals surface area contributed by atoms with E-state index in [0.717, 1.165) is 9.37 Å². The van der Waals surface area contributed by atoms with Crippen LogP contribution in [0, 0.1) is 0 Å². The zero-order chi connectivity index (χ0) is 19.0. The summed E-state index contributed by atoms with van der Waals surface area (Å²) in [6.07, 6.45) is 1.54. The summed E-state index contributed by atoms with van der Waals surface area (Å²) in [4.78, 5) is 42.5. The van der Waals surface area contributed by atoms with Gasteiger partial charge in [-0.3, -0.25) is 19.4 Å². The van der Waals surface area contributed by atoms with E-state index in [1.807, 2.05) is 0 Å². The molecule has 27 heavy (non-hydrogen) atoms. The highest BCUT2D eigenvalue weighted by molar-refractivity contribution is 9.10. The van der Waals surface area contributed by atoms with Crippen LogP contribution in [0.25, 0.3) is 0 Å². The maximum atomic E-state index is 12.6. The first-order valence-electron chi connectivity index (χ1n) is 8.05. The van der Waals surface area contributed by atoms with Crippen LogP contribution in [0.3, 0.4) is 0 Å². The second kappa shape index (κ2) is 6.77. The predicted molar refractivity (Wildman–Crippen MR) is 104 cm³/mol.